The van der Waals surface area contributed by atoms with Gasteiger partial charge in [0.05, 0.1) is 5.92 Å². The molecule has 0 aromatic rings. The molecule has 1 amide bonds. The van der Waals surface area contributed by atoms with Gasteiger partial charge in [0, 0.05) is 31.6 Å². The first kappa shape index (κ1) is 12.9. The topological polar surface area (TPSA) is 69.6 Å². The van der Waals surface area contributed by atoms with E-state index in [0.29, 0.717) is 18.6 Å². The van der Waals surface area contributed by atoms with Crippen molar-refractivity contribution in [3.63, 3.8) is 0 Å². The van der Waals surface area contributed by atoms with Crippen molar-refractivity contribution in [2.75, 3.05) is 13.1 Å². The zero-order valence-corrected chi connectivity index (χ0v) is 11.2. The molecule has 4 atom stereocenters. The van der Waals surface area contributed by atoms with Crippen LogP contribution >= 0.6 is 0 Å². The normalized spacial score (nSPS) is 37.6. The maximum absolute atomic E-state index is 12.6. The van der Waals surface area contributed by atoms with Crippen LogP contribution in [0, 0.1) is 11.8 Å². The third kappa shape index (κ3) is 2.61. The van der Waals surface area contributed by atoms with Gasteiger partial charge in [-0.2, -0.15) is 0 Å². The largest absolute Gasteiger partial charge is 0.481 e. The second kappa shape index (κ2) is 5.12. The molecule has 4 unspecified atom stereocenters. The molecule has 5 nitrogen and oxygen atoms in total. The smallest absolute Gasteiger partial charge is 0.303 e. The second-order valence-electron chi connectivity index (χ2n) is 6.28. The molecule has 19 heavy (non-hydrogen) atoms. The minimum atomic E-state index is -0.749. The summed E-state index contributed by atoms with van der Waals surface area (Å²) >= 11 is 0. The van der Waals surface area contributed by atoms with Gasteiger partial charge in [-0.25, -0.2) is 0 Å². The average molecular weight is 266 g/mol. The molecular weight excluding hydrogens is 244 g/mol. The second-order valence-corrected chi connectivity index (χ2v) is 6.28. The number of piperidine rings is 1. The van der Waals surface area contributed by atoms with E-state index in [0.717, 1.165) is 32.2 Å². The van der Waals surface area contributed by atoms with E-state index in [1.54, 1.807) is 0 Å². The third-order valence-electron chi connectivity index (χ3n) is 4.91. The van der Waals surface area contributed by atoms with Crippen LogP contribution in [0.5, 0.6) is 0 Å². The zero-order valence-electron chi connectivity index (χ0n) is 11.2. The van der Waals surface area contributed by atoms with Crippen LogP contribution in [0.1, 0.15) is 38.5 Å². The number of likely N-dealkylation sites (tertiary alicyclic amines) is 1. The van der Waals surface area contributed by atoms with Crippen LogP contribution in [0.2, 0.25) is 0 Å². The highest BCUT2D eigenvalue weighted by Gasteiger charge is 2.44. The first-order valence-electron chi connectivity index (χ1n) is 7.40. The van der Waals surface area contributed by atoms with E-state index in [1.165, 1.54) is 6.42 Å². The first-order chi connectivity index (χ1) is 9.13. The van der Waals surface area contributed by atoms with Crippen LogP contribution in [0.3, 0.4) is 0 Å². The highest BCUT2D eigenvalue weighted by molar-refractivity contribution is 5.80. The number of carbonyl (C=O) groups excluding carboxylic acids is 1. The predicted molar refractivity (Wildman–Crippen MR) is 69.6 cm³/mol. The van der Waals surface area contributed by atoms with E-state index in [2.05, 4.69) is 5.32 Å². The number of nitrogens with zero attached hydrogens (tertiary/aromatic N) is 1. The maximum atomic E-state index is 12.6. The lowest BCUT2D eigenvalue weighted by Gasteiger charge is -2.35. The molecule has 3 saturated heterocycles. The summed E-state index contributed by atoms with van der Waals surface area (Å²) in [5.74, 6) is -0.209. The van der Waals surface area contributed by atoms with Crippen LogP contribution in [0.15, 0.2) is 0 Å². The van der Waals surface area contributed by atoms with Gasteiger partial charge in [-0.05, 0) is 38.0 Å². The van der Waals surface area contributed by atoms with Gasteiger partial charge in [0.15, 0.2) is 0 Å². The Morgan fingerprint density at radius 2 is 2.11 bits per heavy atom. The van der Waals surface area contributed by atoms with Crippen molar-refractivity contribution in [3.05, 3.63) is 0 Å². The minimum Gasteiger partial charge on any atom is -0.481 e. The SMILES string of the molecule is O=C(O)CC1CCCN(C(=O)C2CC3CCC2N3)C1. The van der Waals surface area contributed by atoms with Gasteiger partial charge in [-0.1, -0.05) is 0 Å². The molecule has 3 fully saturated rings. The maximum Gasteiger partial charge on any atom is 0.303 e. The Hall–Kier alpha value is -1.10. The minimum absolute atomic E-state index is 0.141. The molecule has 0 spiro atoms. The molecule has 0 saturated carbocycles. The number of hydrogen-bond acceptors (Lipinski definition) is 3. The summed E-state index contributed by atoms with van der Waals surface area (Å²) in [6.07, 6.45) is 5.37. The summed E-state index contributed by atoms with van der Waals surface area (Å²) in [6.45, 7) is 1.45. The molecule has 0 aromatic heterocycles. The number of carboxylic acids is 1. The number of carbonyl (C=O) groups is 2. The van der Waals surface area contributed by atoms with Crippen molar-refractivity contribution in [1.82, 2.24) is 10.2 Å². The van der Waals surface area contributed by atoms with Crippen LogP contribution in [0.25, 0.3) is 0 Å². The van der Waals surface area contributed by atoms with E-state index in [4.69, 9.17) is 5.11 Å². The third-order valence-corrected chi connectivity index (χ3v) is 4.91. The van der Waals surface area contributed by atoms with Crippen LogP contribution in [-0.4, -0.2) is 47.1 Å². The van der Waals surface area contributed by atoms with E-state index in [-0.39, 0.29) is 24.2 Å². The monoisotopic (exact) mass is 266 g/mol. The molecule has 5 heteroatoms. The lowest BCUT2D eigenvalue weighted by Crippen LogP contribution is -2.46. The molecule has 3 aliphatic rings. The van der Waals surface area contributed by atoms with Crippen molar-refractivity contribution in [3.8, 4) is 0 Å². The standard InChI is InChI=1S/C14H22N2O3/c17-13(18)6-9-2-1-5-16(8-9)14(19)11-7-10-3-4-12(11)15-10/h9-12,15H,1-8H2,(H,17,18). The Kier molecular flexibility index (Phi) is 3.48. The van der Waals surface area contributed by atoms with Gasteiger partial charge in [0.1, 0.15) is 0 Å². The molecule has 0 radical (unpaired) electrons. The van der Waals surface area contributed by atoms with Crippen molar-refractivity contribution in [1.29, 1.82) is 0 Å². The number of fused-ring (bicyclic) bond motifs is 2. The highest BCUT2D eigenvalue weighted by atomic mass is 16.4. The summed E-state index contributed by atoms with van der Waals surface area (Å²) < 4.78 is 0. The molecule has 2 N–H and O–H groups in total. The molecule has 0 aliphatic carbocycles. The van der Waals surface area contributed by atoms with Gasteiger partial charge < -0.3 is 15.3 Å². The summed E-state index contributed by atoms with van der Waals surface area (Å²) in [7, 11) is 0. The average Bonchev–Trinajstić information content (AvgIpc) is 2.99. The van der Waals surface area contributed by atoms with Crippen molar-refractivity contribution in [2.45, 2.75) is 50.6 Å². The van der Waals surface area contributed by atoms with Gasteiger partial charge in [0.2, 0.25) is 5.91 Å². The Bertz CT molecular complexity index is 385. The fraction of sp³-hybridized carbons (Fsp3) is 0.857. The highest BCUT2D eigenvalue weighted by Crippen LogP contribution is 2.35. The summed E-state index contributed by atoms with van der Waals surface area (Å²) in [6, 6.07) is 0.913. The van der Waals surface area contributed by atoms with Gasteiger partial charge in [-0.15, -0.1) is 0 Å². The van der Waals surface area contributed by atoms with Crippen LogP contribution in [0.4, 0.5) is 0 Å². The van der Waals surface area contributed by atoms with E-state index in [1.807, 2.05) is 4.90 Å². The zero-order chi connectivity index (χ0) is 13.4. The Morgan fingerprint density at radius 1 is 1.26 bits per heavy atom. The number of rotatable bonds is 3. The van der Waals surface area contributed by atoms with Crippen molar-refractivity contribution >= 4 is 11.9 Å². The Labute approximate surface area is 113 Å². The molecule has 3 rings (SSSR count). The van der Waals surface area contributed by atoms with Gasteiger partial charge >= 0.3 is 5.97 Å². The molecule has 2 bridgehead atoms. The molecular formula is C14H22N2O3. The summed E-state index contributed by atoms with van der Waals surface area (Å²) in [5.41, 5.74) is 0. The fourth-order valence-electron chi connectivity index (χ4n) is 4.01. The first-order valence-corrected chi connectivity index (χ1v) is 7.40. The number of amides is 1. The van der Waals surface area contributed by atoms with E-state index in [9.17, 15) is 9.59 Å². The Morgan fingerprint density at radius 3 is 2.74 bits per heavy atom. The van der Waals surface area contributed by atoms with E-state index < -0.39 is 5.97 Å². The Balaban J connectivity index is 1.59. The lowest BCUT2D eigenvalue weighted by atomic mass is 9.86. The number of nitrogens with one attached hydrogen (secondary N) is 1. The van der Waals surface area contributed by atoms with Gasteiger partial charge in [-0.3, -0.25) is 9.59 Å². The van der Waals surface area contributed by atoms with E-state index >= 15 is 0 Å². The molecule has 0 aromatic carbocycles. The van der Waals surface area contributed by atoms with Gasteiger partial charge in [0.25, 0.3) is 0 Å². The van der Waals surface area contributed by atoms with Crippen molar-refractivity contribution < 1.29 is 14.7 Å². The van der Waals surface area contributed by atoms with Crippen molar-refractivity contribution in [2.24, 2.45) is 11.8 Å². The van der Waals surface area contributed by atoms with Crippen LogP contribution in [-0.2, 0) is 9.59 Å². The number of carboxylic acid groups (broad SMARTS) is 1. The predicted octanol–water partition coefficient (Wildman–Crippen LogP) is 0.840. The molecule has 106 valence electrons. The molecule has 3 heterocycles. The quantitative estimate of drug-likeness (QED) is 0.794. The number of hydrogen-bond donors (Lipinski definition) is 2. The number of aliphatic carboxylic acids is 1. The summed E-state index contributed by atoms with van der Waals surface area (Å²) in [4.78, 5) is 25.3. The van der Waals surface area contributed by atoms with Crippen LogP contribution < -0.4 is 5.32 Å². The summed E-state index contributed by atoms with van der Waals surface area (Å²) in [5, 5.41) is 12.4. The fourth-order valence-corrected chi connectivity index (χ4v) is 4.01. The molecule has 3 aliphatic heterocycles. The lowest BCUT2D eigenvalue weighted by molar-refractivity contribution is -0.142.